The molecule has 3 rings (SSSR count). The fraction of sp³-hybridized carbons (Fsp3) is 0.333. The zero-order chi connectivity index (χ0) is 14.1. The minimum atomic E-state index is -0.844. The molecule has 104 valence electrons. The van der Waals surface area contributed by atoms with Gasteiger partial charge in [0, 0.05) is 0 Å². The quantitative estimate of drug-likeness (QED) is 0.736. The number of rotatable bonds is 2. The molecule has 0 bridgehead atoms. The SMILES string of the molecule is CC(F)C[C@H]1Cc2cc(F)ccc2Cc2ccccc21. The smallest absolute Gasteiger partial charge is 0.123 e. The normalized spacial score (nSPS) is 18.9. The van der Waals surface area contributed by atoms with Crippen molar-refractivity contribution < 1.29 is 8.78 Å². The van der Waals surface area contributed by atoms with Crippen LogP contribution in [0.15, 0.2) is 42.5 Å². The summed E-state index contributed by atoms with van der Waals surface area (Å²) in [6.07, 6.45) is 1.18. The van der Waals surface area contributed by atoms with Crippen LogP contribution < -0.4 is 0 Å². The topological polar surface area (TPSA) is 0 Å². The van der Waals surface area contributed by atoms with Crippen molar-refractivity contribution in [3.8, 4) is 0 Å². The van der Waals surface area contributed by atoms with Crippen LogP contribution in [0.2, 0.25) is 0 Å². The molecule has 0 aliphatic heterocycles. The molecule has 0 aromatic heterocycles. The van der Waals surface area contributed by atoms with Gasteiger partial charge in [-0.2, -0.15) is 0 Å². The van der Waals surface area contributed by atoms with E-state index in [9.17, 15) is 8.78 Å². The van der Waals surface area contributed by atoms with Crippen LogP contribution >= 0.6 is 0 Å². The zero-order valence-corrected chi connectivity index (χ0v) is 11.6. The number of benzene rings is 2. The summed E-state index contributed by atoms with van der Waals surface area (Å²) in [5.74, 6) is -0.0731. The van der Waals surface area contributed by atoms with Crippen molar-refractivity contribution in [2.75, 3.05) is 0 Å². The second-order valence-electron chi connectivity index (χ2n) is 5.71. The van der Waals surface area contributed by atoms with Crippen LogP contribution in [0.1, 0.15) is 41.5 Å². The van der Waals surface area contributed by atoms with Gasteiger partial charge < -0.3 is 0 Å². The van der Waals surface area contributed by atoms with Crippen LogP contribution in [-0.4, -0.2) is 6.17 Å². The van der Waals surface area contributed by atoms with E-state index in [2.05, 4.69) is 12.1 Å². The number of hydrogen-bond acceptors (Lipinski definition) is 0. The summed E-state index contributed by atoms with van der Waals surface area (Å²) >= 11 is 0. The van der Waals surface area contributed by atoms with Gasteiger partial charge in [0.15, 0.2) is 0 Å². The molecule has 0 spiro atoms. The van der Waals surface area contributed by atoms with Crippen molar-refractivity contribution in [1.82, 2.24) is 0 Å². The molecule has 2 atom stereocenters. The molecule has 2 heteroatoms. The number of alkyl halides is 1. The van der Waals surface area contributed by atoms with Gasteiger partial charge in [-0.25, -0.2) is 8.78 Å². The molecule has 0 N–H and O–H groups in total. The van der Waals surface area contributed by atoms with Gasteiger partial charge in [0.1, 0.15) is 5.82 Å². The first-order valence-corrected chi connectivity index (χ1v) is 7.12. The summed E-state index contributed by atoms with van der Waals surface area (Å²) < 4.78 is 27.0. The minimum absolute atomic E-state index is 0.134. The molecule has 0 saturated heterocycles. The van der Waals surface area contributed by atoms with Crippen molar-refractivity contribution >= 4 is 0 Å². The van der Waals surface area contributed by atoms with E-state index in [4.69, 9.17) is 0 Å². The summed E-state index contributed by atoms with van der Waals surface area (Å²) in [6, 6.07) is 13.2. The van der Waals surface area contributed by atoms with Gasteiger partial charge in [-0.3, -0.25) is 0 Å². The van der Waals surface area contributed by atoms with E-state index < -0.39 is 6.17 Å². The first-order valence-electron chi connectivity index (χ1n) is 7.12. The average Bonchev–Trinajstić information content (AvgIpc) is 2.55. The second-order valence-corrected chi connectivity index (χ2v) is 5.71. The van der Waals surface area contributed by atoms with Crippen molar-refractivity contribution in [2.24, 2.45) is 0 Å². The number of fused-ring (bicyclic) bond motifs is 2. The van der Waals surface area contributed by atoms with E-state index in [1.54, 1.807) is 13.0 Å². The standard InChI is InChI=1S/C18H18F2/c1-12(19)8-16-10-15-11-17(20)7-6-13(15)9-14-4-2-3-5-18(14)16/h2-7,11-12,16H,8-10H2,1H3/t12?,16-/m0/s1. The Morgan fingerprint density at radius 2 is 1.90 bits per heavy atom. The predicted octanol–water partition coefficient (Wildman–Crippen LogP) is 4.80. The Bertz CT molecular complexity index is 617. The third kappa shape index (κ3) is 2.60. The number of halogens is 2. The molecule has 1 aliphatic rings. The van der Waals surface area contributed by atoms with E-state index in [0.29, 0.717) is 6.42 Å². The highest BCUT2D eigenvalue weighted by atomic mass is 19.1. The van der Waals surface area contributed by atoms with Gasteiger partial charge in [-0.1, -0.05) is 30.3 Å². The maximum atomic E-state index is 13.5. The minimum Gasteiger partial charge on any atom is -0.248 e. The highest BCUT2D eigenvalue weighted by Gasteiger charge is 2.23. The molecule has 0 nitrogen and oxygen atoms in total. The summed E-state index contributed by atoms with van der Waals surface area (Å²) in [4.78, 5) is 0. The van der Waals surface area contributed by atoms with Crippen LogP contribution in [0.25, 0.3) is 0 Å². The van der Waals surface area contributed by atoms with E-state index in [1.165, 1.54) is 17.2 Å². The van der Waals surface area contributed by atoms with E-state index in [-0.39, 0.29) is 11.7 Å². The van der Waals surface area contributed by atoms with Gasteiger partial charge >= 0.3 is 0 Å². The Labute approximate surface area is 118 Å². The first-order chi connectivity index (χ1) is 9.63. The Morgan fingerprint density at radius 3 is 2.70 bits per heavy atom. The predicted molar refractivity (Wildman–Crippen MR) is 77.3 cm³/mol. The lowest BCUT2D eigenvalue weighted by Gasteiger charge is -2.18. The van der Waals surface area contributed by atoms with Gasteiger partial charge in [0.05, 0.1) is 6.17 Å². The highest BCUT2D eigenvalue weighted by Crippen LogP contribution is 2.35. The van der Waals surface area contributed by atoms with Crippen LogP contribution in [0.3, 0.4) is 0 Å². The van der Waals surface area contributed by atoms with E-state index in [1.807, 2.05) is 18.2 Å². The summed E-state index contributed by atoms with van der Waals surface area (Å²) in [5.41, 5.74) is 4.64. The average molecular weight is 272 g/mol. The Kier molecular flexibility index (Phi) is 3.56. The lowest BCUT2D eigenvalue weighted by molar-refractivity contribution is 0.318. The Balaban J connectivity index is 2.07. The summed E-state index contributed by atoms with van der Waals surface area (Å²) in [5, 5.41) is 0. The van der Waals surface area contributed by atoms with Crippen molar-refractivity contribution in [1.29, 1.82) is 0 Å². The molecular weight excluding hydrogens is 254 g/mol. The highest BCUT2D eigenvalue weighted by molar-refractivity contribution is 5.42. The molecule has 0 saturated carbocycles. The molecule has 20 heavy (non-hydrogen) atoms. The molecule has 0 radical (unpaired) electrons. The van der Waals surface area contributed by atoms with E-state index >= 15 is 0 Å². The summed E-state index contributed by atoms with van der Waals surface area (Å²) in [7, 11) is 0. The molecule has 2 aromatic carbocycles. The molecule has 0 heterocycles. The second kappa shape index (κ2) is 5.35. The lowest BCUT2D eigenvalue weighted by Crippen LogP contribution is -2.09. The zero-order valence-electron chi connectivity index (χ0n) is 11.6. The Hall–Kier alpha value is -1.70. The number of hydrogen-bond donors (Lipinski definition) is 0. The lowest BCUT2D eigenvalue weighted by atomic mass is 9.87. The summed E-state index contributed by atoms with van der Waals surface area (Å²) in [6.45, 7) is 1.60. The van der Waals surface area contributed by atoms with Crippen molar-refractivity contribution in [3.63, 3.8) is 0 Å². The molecular formula is C18H18F2. The first kappa shape index (κ1) is 13.3. The van der Waals surface area contributed by atoms with Crippen LogP contribution in [-0.2, 0) is 12.8 Å². The fourth-order valence-corrected chi connectivity index (χ4v) is 3.23. The van der Waals surface area contributed by atoms with Crippen LogP contribution in [0.5, 0.6) is 0 Å². The maximum Gasteiger partial charge on any atom is 0.123 e. The molecule has 0 fully saturated rings. The largest absolute Gasteiger partial charge is 0.248 e. The molecule has 2 aromatic rings. The third-order valence-electron chi connectivity index (χ3n) is 4.12. The Morgan fingerprint density at radius 1 is 1.10 bits per heavy atom. The van der Waals surface area contributed by atoms with Gasteiger partial charge in [0.25, 0.3) is 0 Å². The molecule has 1 aliphatic carbocycles. The fourth-order valence-electron chi connectivity index (χ4n) is 3.23. The van der Waals surface area contributed by atoms with Crippen LogP contribution in [0.4, 0.5) is 8.78 Å². The molecule has 1 unspecified atom stereocenters. The van der Waals surface area contributed by atoms with E-state index in [0.717, 1.165) is 24.0 Å². The van der Waals surface area contributed by atoms with Gasteiger partial charge in [-0.05, 0) is 66.5 Å². The van der Waals surface area contributed by atoms with Gasteiger partial charge in [-0.15, -0.1) is 0 Å². The van der Waals surface area contributed by atoms with Crippen molar-refractivity contribution in [3.05, 3.63) is 70.5 Å². The third-order valence-corrected chi connectivity index (χ3v) is 4.12. The van der Waals surface area contributed by atoms with Crippen LogP contribution in [0, 0.1) is 5.82 Å². The van der Waals surface area contributed by atoms with Gasteiger partial charge in [0.2, 0.25) is 0 Å². The monoisotopic (exact) mass is 272 g/mol. The molecule has 0 amide bonds. The maximum absolute atomic E-state index is 13.5. The van der Waals surface area contributed by atoms with Crippen molar-refractivity contribution in [2.45, 2.75) is 38.3 Å².